The summed E-state index contributed by atoms with van der Waals surface area (Å²) in [7, 11) is 0. The van der Waals surface area contributed by atoms with Crippen LogP contribution in [0.4, 0.5) is 10.7 Å². The first-order valence-corrected chi connectivity index (χ1v) is 19.9. The highest BCUT2D eigenvalue weighted by Crippen LogP contribution is 2.39. The highest BCUT2D eigenvalue weighted by Gasteiger charge is 2.31. The van der Waals surface area contributed by atoms with E-state index in [1.807, 2.05) is 56.3 Å². The van der Waals surface area contributed by atoms with Gasteiger partial charge in [-0.05, 0) is 130 Å². The van der Waals surface area contributed by atoms with Crippen molar-refractivity contribution in [3.05, 3.63) is 117 Å². The molecular weight excluding hydrogens is 715 g/mol. The number of carboxylic acids is 2. The summed E-state index contributed by atoms with van der Waals surface area (Å²) < 4.78 is 0. The number of amides is 3. The number of hydrogen-bond acceptors (Lipinski definition) is 6. The average molecular weight is 766 g/mol. The van der Waals surface area contributed by atoms with Gasteiger partial charge in [0.05, 0.1) is 16.5 Å². The van der Waals surface area contributed by atoms with Crippen LogP contribution in [-0.2, 0) is 41.8 Å². The number of hydrogen-bond donors (Lipinski definition) is 4. The Labute approximate surface area is 327 Å². The number of fused-ring (bicyclic) bond motifs is 1. The van der Waals surface area contributed by atoms with Crippen LogP contribution in [0.1, 0.15) is 124 Å². The molecule has 0 fully saturated rings. The predicted molar refractivity (Wildman–Crippen MR) is 216 cm³/mol. The fourth-order valence-corrected chi connectivity index (χ4v) is 8.23. The lowest BCUT2D eigenvalue weighted by Gasteiger charge is -2.32. The molecule has 1 heterocycles. The van der Waals surface area contributed by atoms with E-state index in [9.17, 15) is 29.1 Å². The van der Waals surface area contributed by atoms with E-state index in [2.05, 4.69) is 10.6 Å². The second-order valence-electron chi connectivity index (χ2n) is 14.9. The van der Waals surface area contributed by atoms with Gasteiger partial charge in [-0.25, -0.2) is 4.79 Å². The topological polar surface area (TPSA) is 153 Å². The number of carbonyl (C=O) groups is 5. The number of nitrogens with zero attached hydrogens (tertiary/aromatic N) is 1. The van der Waals surface area contributed by atoms with Gasteiger partial charge in [0.1, 0.15) is 5.00 Å². The number of benzene rings is 3. The third kappa shape index (κ3) is 10.5. The van der Waals surface area contributed by atoms with Gasteiger partial charge in [-0.2, -0.15) is 0 Å². The van der Waals surface area contributed by atoms with Crippen molar-refractivity contribution in [1.82, 2.24) is 4.90 Å². The highest BCUT2D eigenvalue weighted by molar-refractivity contribution is 7.17. The first kappa shape index (κ1) is 40.9. The van der Waals surface area contributed by atoms with E-state index >= 15 is 0 Å². The Morgan fingerprint density at radius 2 is 1.42 bits per heavy atom. The summed E-state index contributed by atoms with van der Waals surface area (Å²) in [5.74, 6) is -2.63. The van der Waals surface area contributed by atoms with Crippen LogP contribution in [-0.4, -0.2) is 50.8 Å². The quantitative estimate of drug-likeness (QED) is 0.0837. The van der Waals surface area contributed by atoms with Crippen molar-refractivity contribution in [2.75, 3.05) is 10.6 Å². The van der Waals surface area contributed by atoms with E-state index in [-0.39, 0.29) is 42.2 Å². The van der Waals surface area contributed by atoms with E-state index in [0.29, 0.717) is 28.4 Å². The monoisotopic (exact) mass is 765 g/mol. The van der Waals surface area contributed by atoms with Crippen molar-refractivity contribution >= 4 is 51.7 Å². The van der Waals surface area contributed by atoms with Gasteiger partial charge in [0.25, 0.3) is 11.8 Å². The summed E-state index contributed by atoms with van der Waals surface area (Å²) in [6.45, 7) is 7.59. The third-order valence-corrected chi connectivity index (χ3v) is 11.7. The minimum atomic E-state index is -1.02. The summed E-state index contributed by atoms with van der Waals surface area (Å²) in [6.07, 6.45) is 6.93. The second kappa shape index (κ2) is 18.4. The number of carboxylic acid groups (broad SMARTS) is 2. The molecule has 4 aromatic rings. The molecule has 3 amide bonds. The van der Waals surface area contributed by atoms with Gasteiger partial charge < -0.3 is 25.7 Å². The summed E-state index contributed by atoms with van der Waals surface area (Å²) in [6, 6.07) is 21.7. The molecule has 0 saturated carbocycles. The molecular formula is C44H51N3O7S. The molecule has 0 aliphatic heterocycles. The van der Waals surface area contributed by atoms with Gasteiger partial charge in [-0.3, -0.25) is 19.2 Å². The molecule has 5 rings (SSSR count). The third-order valence-electron chi connectivity index (χ3n) is 10.5. The van der Waals surface area contributed by atoms with Gasteiger partial charge in [0.2, 0.25) is 5.91 Å². The predicted octanol–water partition coefficient (Wildman–Crippen LogP) is 9.02. The molecule has 1 aliphatic rings. The lowest BCUT2D eigenvalue weighted by molar-refractivity contribution is -0.148. The number of thiophene rings is 1. The summed E-state index contributed by atoms with van der Waals surface area (Å²) in [5.41, 5.74) is 4.67. The zero-order valence-electron chi connectivity index (χ0n) is 32.1. The van der Waals surface area contributed by atoms with Gasteiger partial charge >= 0.3 is 11.9 Å². The molecule has 1 aromatic heterocycles. The summed E-state index contributed by atoms with van der Waals surface area (Å²) in [4.78, 5) is 66.9. The van der Waals surface area contributed by atoms with Crippen molar-refractivity contribution < 1.29 is 34.2 Å². The van der Waals surface area contributed by atoms with E-state index < -0.39 is 17.4 Å². The number of aryl methyl sites for hydroxylation is 3. The highest BCUT2D eigenvalue weighted by atomic mass is 32.1. The smallest absolute Gasteiger partial charge is 0.335 e. The fourth-order valence-electron chi connectivity index (χ4n) is 6.95. The van der Waals surface area contributed by atoms with Crippen molar-refractivity contribution in [1.29, 1.82) is 0 Å². The molecule has 10 nitrogen and oxygen atoms in total. The molecule has 0 atom stereocenters. The number of anilines is 2. The van der Waals surface area contributed by atoms with Crippen LogP contribution in [0.15, 0.2) is 72.8 Å². The molecule has 290 valence electrons. The summed E-state index contributed by atoms with van der Waals surface area (Å²) in [5, 5.41) is 25.3. The van der Waals surface area contributed by atoms with Crippen LogP contribution in [0.3, 0.4) is 0 Å². The lowest BCUT2D eigenvalue weighted by Crippen LogP contribution is -2.40. The zero-order chi connectivity index (χ0) is 39.7. The number of nitrogens with one attached hydrogen (secondary N) is 2. The SMILES string of the molecule is CCC(CC)N(Cc1cccc(C(=O)Nc2sc3c(c2C(=O)Nc2ccc(CCc4ccc(C(=O)O)cc4)cc2)CCCC3)c1)C(=O)CCC(C)(C)C(=O)O. The average Bonchev–Trinajstić information content (AvgIpc) is 3.54. The molecule has 3 aromatic carbocycles. The zero-order valence-corrected chi connectivity index (χ0v) is 32.9. The van der Waals surface area contributed by atoms with Gasteiger partial charge in [-0.15, -0.1) is 11.3 Å². The fraction of sp³-hybridized carbons (Fsp3) is 0.386. The van der Waals surface area contributed by atoms with E-state index in [4.69, 9.17) is 5.11 Å². The van der Waals surface area contributed by atoms with Crippen molar-refractivity contribution in [2.24, 2.45) is 5.41 Å². The van der Waals surface area contributed by atoms with Gasteiger partial charge in [-0.1, -0.05) is 50.2 Å². The maximum absolute atomic E-state index is 13.9. The Kier molecular flexibility index (Phi) is 13.6. The van der Waals surface area contributed by atoms with Gasteiger partial charge in [0, 0.05) is 35.1 Å². The first-order chi connectivity index (χ1) is 26.3. The standard InChI is InChI=1S/C44H51N3O7S/c1-5-34(6-2)47(37(48)24-25-44(3,4)43(53)54)27-30-10-9-11-32(26-30)39(49)46-41-38(35-12-7-8-13-36(35)55-41)40(50)45-33-22-18-29(19-23-33)15-14-28-16-20-31(21-17-28)42(51)52/h9-11,16-23,26,34H,5-8,12-15,24-25,27H2,1-4H3,(H,45,50)(H,46,49)(H,51,52)(H,53,54). The van der Waals surface area contributed by atoms with Gasteiger partial charge in [0.15, 0.2) is 0 Å². The minimum Gasteiger partial charge on any atom is -0.481 e. The molecule has 0 unspecified atom stereocenters. The van der Waals surface area contributed by atoms with Crippen molar-refractivity contribution in [3.8, 4) is 0 Å². The maximum Gasteiger partial charge on any atom is 0.335 e. The second-order valence-corrected chi connectivity index (χ2v) is 16.0. The largest absolute Gasteiger partial charge is 0.481 e. The van der Waals surface area contributed by atoms with Crippen LogP contribution in [0.2, 0.25) is 0 Å². The number of aromatic carboxylic acids is 1. The van der Waals surface area contributed by atoms with E-state index in [0.717, 1.165) is 78.5 Å². The normalized spacial score (nSPS) is 12.5. The van der Waals surface area contributed by atoms with Crippen LogP contribution in [0, 0.1) is 5.41 Å². The minimum absolute atomic E-state index is 0.0300. The molecule has 0 radical (unpaired) electrons. The molecule has 11 heteroatoms. The van der Waals surface area contributed by atoms with Crippen LogP contribution in [0.5, 0.6) is 0 Å². The van der Waals surface area contributed by atoms with E-state index in [1.54, 1.807) is 49.1 Å². The van der Waals surface area contributed by atoms with Crippen molar-refractivity contribution in [3.63, 3.8) is 0 Å². The van der Waals surface area contributed by atoms with Crippen LogP contribution in [0.25, 0.3) is 0 Å². The molecule has 55 heavy (non-hydrogen) atoms. The van der Waals surface area contributed by atoms with Crippen LogP contribution < -0.4 is 10.6 Å². The number of aliphatic carboxylic acids is 1. The molecule has 0 spiro atoms. The van der Waals surface area contributed by atoms with E-state index in [1.165, 1.54) is 11.3 Å². The Morgan fingerprint density at radius 3 is 2.04 bits per heavy atom. The number of rotatable bonds is 17. The lowest BCUT2D eigenvalue weighted by atomic mass is 9.87. The molecule has 4 N–H and O–H groups in total. The molecule has 1 aliphatic carbocycles. The Balaban J connectivity index is 1.28. The Morgan fingerprint density at radius 1 is 0.782 bits per heavy atom. The molecule has 0 saturated heterocycles. The number of carbonyl (C=O) groups excluding carboxylic acids is 3. The van der Waals surface area contributed by atoms with Crippen molar-refractivity contribution in [2.45, 2.75) is 104 Å². The Bertz CT molecular complexity index is 2010. The van der Waals surface area contributed by atoms with Crippen LogP contribution >= 0.6 is 11.3 Å². The first-order valence-electron chi connectivity index (χ1n) is 19.1. The molecule has 0 bridgehead atoms. The summed E-state index contributed by atoms with van der Waals surface area (Å²) >= 11 is 1.45. The Hall–Kier alpha value is -5.29. The maximum atomic E-state index is 13.9.